The second kappa shape index (κ2) is 5.04. The Labute approximate surface area is 79.0 Å². The SMILES string of the molecule is CCN(CC)C(CO)c1ccco1. The molecule has 3 heteroatoms. The summed E-state index contributed by atoms with van der Waals surface area (Å²) in [5.41, 5.74) is 0. The highest BCUT2D eigenvalue weighted by Crippen LogP contribution is 2.19. The quantitative estimate of drug-likeness (QED) is 0.754. The molecule has 0 radical (unpaired) electrons. The molecule has 0 aliphatic heterocycles. The van der Waals surface area contributed by atoms with E-state index >= 15 is 0 Å². The van der Waals surface area contributed by atoms with E-state index in [4.69, 9.17) is 4.42 Å². The predicted molar refractivity (Wildman–Crippen MR) is 51.5 cm³/mol. The summed E-state index contributed by atoms with van der Waals surface area (Å²) in [6.45, 7) is 6.10. The van der Waals surface area contributed by atoms with E-state index in [-0.39, 0.29) is 12.6 Å². The summed E-state index contributed by atoms with van der Waals surface area (Å²) in [7, 11) is 0. The Bertz CT molecular complexity index is 217. The van der Waals surface area contributed by atoms with Crippen LogP contribution in [-0.2, 0) is 0 Å². The number of furan rings is 1. The molecule has 0 spiro atoms. The van der Waals surface area contributed by atoms with Gasteiger partial charge in [-0.3, -0.25) is 4.90 Å². The third kappa shape index (κ3) is 2.32. The first-order valence-corrected chi connectivity index (χ1v) is 4.71. The molecule has 74 valence electrons. The first-order chi connectivity index (χ1) is 6.33. The van der Waals surface area contributed by atoms with Crippen molar-refractivity contribution in [3.05, 3.63) is 24.2 Å². The van der Waals surface area contributed by atoms with Gasteiger partial charge in [0.15, 0.2) is 0 Å². The molecule has 0 fully saturated rings. The van der Waals surface area contributed by atoms with Gasteiger partial charge < -0.3 is 9.52 Å². The molecule has 0 aliphatic carbocycles. The van der Waals surface area contributed by atoms with Crippen molar-refractivity contribution in [1.29, 1.82) is 0 Å². The Morgan fingerprint density at radius 3 is 2.54 bits per heavy atom. The number of rotatable bonds is 5. The average molecular weight is 183 g/mol. The average Bonchev–Trinajstić information content (AvgIpc) is 2.66. The lowest BCUT2D eigenvalue weighted by Crippen LogP contribution is -2.30. The fourth-order valence-corrected chi connectivity index (χ4v) is 1.53. The summed E-state index contributed by atoms with van der Waals surface area (Å²) in [5, 5.41) is 9.23. The third-order valence-corrected chi connectivity index (χ3v) is 2.30. The van der Waals surface area contributed by atoms with Gasteiger partial charge >= 0.3 is 0 Å². The van der Waals surface area contributed by atoms with Crippen molar-refractivity contribution < 1.29 is 9.52 Å². The van der Waals surface area contributed by atoms with E-state index in [1.165, 1.54) is 0 Å². The van der Waals surface area contributed by atoms with Gasteiger partial charge in [0.2, 0.25) is 0 Å². The Morgan fingerprint density at radius 2 is 2.15 bits per heavy atom. The molecule has 3 nitrogen and oxygen atoms in total. The lowest BCUT2D eigenvalue weighted by atomic mass is 10.2. The van der Waals surface area contributed by atoms with Crippen LogP contribution in [0.2, 0.25) is 0 Å². The summed E-state index contributed by atoms with van der Waals surface area (Å²) < 4.78 is 5.27. The Hall–Kier alpha value is -0.800. The Kier molecular flexibility index (Phi) is 3.99. The van der Waals surface area contributed by atoms with E-state index in [0.29, 0.717) is 0 Å². The normalized spacial score (nSPS) is 13.5. The van der Waals surface area contributed by atoms with Crippen LogP contribution in [0.5, 0.6) is 0 Å². The smallest absolute Gasteiger partial charge is 0.123 e. The predicted octanol–water partition coefficient (Wildman–Crippen LogP) is 1.65. The van der Waals surface area contributed by atoms with Crippen LogP contribution in [0.25, 0.3) is 0 Å². The van der Waals surface area contributed by atoms with E-state index in [2.05, 4.69) is 18.7 Å². The molecule has 0 aromatic carbocycles. The number of nitrogens with zero attached hydrogens (tertiary/aromatic N) is 1. The molecule has 1 atom stereocenters. The van der Waals surface area contributed by atoms with Gasteiger partial charge in [0.25, 0.3) is 0 Å². The molecule has 13 heavy (non-hydrogen) atoms. The molecule has 0 saturated carbocycles. The summed E-state index contributed by atoms with van der Waals surface area (Å²) in [5.74, 6) is 0.839. The van der Waals surface area contributed by atoms with Gasteiger partial charge in [-0.25, -0.2) is 0 Å². The highest BCUT2D eigenvalue weighted by Gasteiger charge is 2.18. The van der Waals surface area contributed by atoms with Gasteiger partial charge in [0, 0.05) is 0 Å². The molecular formula is C10H17NO2. The van der Waals surface area contributed by atoms with Crippen LogP contribution < -0.4 is 0 Å². The van der Waals surface area contributed by atoms with Gasteiger partial charge in [0.1, 0.15) is 5.76 Å². The van der Waals surface area contributed by atoms with E-state index in [1.807, 2.05) is 12.1 Å². The van der Waals surface area contributed by atoms with Gasteiger partial charge in [0.05, 0.1) is 18.9 Å². The van der Waals surface area contributed by atoms with Crippen LogP contribution >= 0.6 is 0 Å². The zero-order chi connectivity index (χ0) is 9.68. The summed E-state index contributed by atoms with van der Waals surface area (Å²) >= 11 is 0. The number of hydrogen-bond acceptors (Lipinski definition) is 3. The second-order valence-electron chi connectivity index (χ2n) is 2.94. The van der Waals surface area contributed by atoms with Gasteiger partial charge in [-0.15, -0.1) is 0 Å². The minimum Gasteiger partial charge on any atom is -0.468 e. The number of aliphatic hydroxyl groups excluding tert-OH is 1. The van der Waals surface area contributed by atoms with Crippen LogP contribution in [0, 0.1) is 0 Å². The largest absolute Gasteiger partial charge is 0.468 e. The topological polar surface area (TPSA) is 36.6 Å². The summed E-state index contributed by atoms with van der Waals surface area (Å²) in [6.07, 6.45) is 1.64. The maximum atomic E-state index is 9.23. The number of likely N-dealkylation sites (N-methyl/N-ethyl adjacent to an activating group) is 1. The molecule has 1 aromatic rings. The van der Waals surface area contributed by atoms with Crippen molar-refractivity contribution in [2.75, 3.05) is 19.7 Å². The maximum Gasteiger partial charge on any atom is 0.123 e. The van der Waals surface area contributed by atoms with Crippen LogP contribution in [0.4, 0.5) is 0 Å². The van der Waals surface area contributed by atoms with E-state index < -0.39 is 0 Å². The van der Waals surface area contributed by atoms with Crippen molar-refractivity contribution in [3.63, 3.8) is 0 Å². The van der Waals surface area contributed by atoms with Crippen molar-refractivity contribution in [2.24, 2.45) is 0 Å². The summed E-state index contributed by atoms with van der Waals surface area (Å²) in [4.78, 5) is 2.17. The van der Waals surface area contributed by atoms with Crippen LogP contribution in [0.15, 0.2) is 22.8 Å². The molecule has 1 rings (SSSR count). The van der Waals surface area contributed by atoms with Crippen molar-refractivity contribution in [2.45, 2.75) is 19.9 Å². The molecule has 0 aliphatic rings. The summed E-state index contributed by atoms with van der Waals surface area (Å²) in [6, 6.07) is 3.76. The monoisotopic (exact) mass is 183 g/mol. The lowest BCUT2D eigenvalue weighted by molar-refractivity contribution is 0.117. The first-order valence-electron chi connectivity index (χ1n) is 4.71. The molecule has 0 amide bonds. The zero-order valence-electron chi connectivity index (χ0n) is 8.23. The minimum atomic E-state index is 0.00463. The maximum absolute atomic E-state index is 9.23. The van der Waals surface area contributed by atoms with Crippen LogP contribution in [0.1, 0.15) is 25.6 Å². The van der Waals surface area contributed by atoms with E-state index in [0.717, 1.165) is 18.8 Å². The highest BCUT2D eigenvalue weighted by molar-refractivity contribution is 5.04. The molecule has 1 unspecified atom stereocenters. The minimum absolute atomic E-state index is 0.00463. The van der Waals surface area contributed by atoms with Crippen LogP contribution in [-0.4, -0.2) is 29.7 Å². The van der Waals surface area contributed by atoms with E-state index in [1.54, 1.807) is 6.26 Å². The third-order valence-electron chi connectivity index (χ3n) is 2.30. The van der Waals surface area contributed by atoms with Gasteiger partial charge in [-0.05, 0) is 25.2 Å². The Balaban J connectivity index is 2.72. The fraction of sp³-hybridized carbons (Fsp3) is 0.600. The second-order valence-corrected chi connectivity index (χ2v) is 2.94. The van der Waals surface area contributed by atoms with Crippen LogP contribution in [0.3, 0.4) is 0 Å². The first kappa shape index (κ1) is 10.3. The van der Waals surface area contributed by atoms with Gasteiger partial charge in [-0.2, -0.15) is 0 Å². The van der Waals surface area contributed by atoms with Crippen molar-refractivity contribution in [1.82, 2.24) is 4.90 Å². The van der Waals surface area contributed by atoms with Crippen molar-refractivity contribution in [3.8, 4) is 0 Å². The standard InChI is InChI=1S/C10H17NO2/c1-3-11(4-2)9(8-12)10-6-5-7-13-10/h5-7,9,12H,3-4,8H2,1-2H3. The van der Waals surface area contributed by atoms with E-state index in [9.17, 15) is 5.11 Å². The zero-order valence-corrected chi connectivity index (χ0v) is 8.23. The number of hydrogen-bond donors (Lipinski definition) is 1. The fourth-order valence-electron chi connectivity index (χ4n) is 1.53. The molecule has 0 saturated heterocycles. The molecule has 0 bridgehead atoms. The molecule has 1 heterocycles. The van der Waals surface area contributed by atoms with Gasteiger partial charge in [-0.1, -0.05) is 13.8 Å². The highest BCUT2D eigenvalue weighted by atomic mass is 16.3. The molecule has 1 N–H and O–H groups in total. The van der Waals surface area contributed by atoms with Crippen molar-refractivity contribution >= 4 is 0 Å². The molecule has 1 aromatic heterocycles. The lowest BCUT2D eigenvalue weighted by Gasteiger charge is -2.26. The molecular weight excluding hydrogens is 166 g/mol. The Morgan fingerprint density at radius 1 is 1.46 bits per heavy atom. The number of aliphatic hydroxyl groups is 1.